The number of carbonyl (C=O) groups is 2. The Morgan fingerprint density at radius 3 is 2.50 bits per heavy atom. The van der Waals surface area contributed by atoms with E-state index < -0.39 is 16.8 Å². The molecule has 10 heteroatoms. The van der Waals surface area contributed by atoms with Crippen LogP contribution >= 0.6 is 0 Å². The van der Waals surface area contributed by atoms with Gasteiger partial charge in [0.1, 0.15) is 17.2 Å². The number of hydrogen-bond donors (Lipinski definition) is 2. The number of rotatable bonds is 8. The Morgan fingerprint density at radius 1 is 1.09 bits per heavy atom. The molecule has 0 heterocycles. The molecule has 0 aliphatic heterocycles. The second-order valence-electron chi connectivity index (χ2n) is 6.72. The molecule has 0 radical (unpaired) electrons. The fourth-order valence-electron chi connectivity index (χ4n) is 2.75. The first-order valence-corrected chi connectivity index (χ1v) is 9.81. The number of hydrazone groups is 1. The quantitative estimate of drug-likeness (QED) is 0.130. The van der Waals surface area contributed by atoms with Crippen molar-refractivity contribution in [3.8, 4) is 17.2 Å². The number of carbonyl (C=O) groups excluding carboxylic acids is 2. The third-order valence-corrected chi connectivity index (χ3v) is 4.46. The largest absolute Gasteiger partial charge is 0.507 e. The van der Waals surface area contributed by atoms with E-state index in [1.54, 1.807) is 43.5 Å². The fraction of sp³-hybridized carbons (Fsp3) is 0.0417. The molecule has 1 amide bonds. The lowest BCUT2D eigenvalue weighted by molar-refractivity contribution is -0.384. The predicted molar refractivity (Wildman–Crippen MR) is 124 cm³/mol. The van der Waals surface area contributed by atoms with Gasteiger partial charge < -0.3 is 14.6 Å². The number of phenols is 1. The van der Waals surface area contributed by atoms with Crippen LogP contribution in [0.1, 0.15) is 21.5 Å². The van der Waals surface area contributed by atoms with Crippen LogP contribution in [0.5, 0.6) is 17.2 Å². The molecule has 0 spiro atoms. The van der Waals surface area contributed by atoms with Gasteiger partial charge in [-0.1, -0.05) is 24.3 Å². The van der Waals surface area contributed by atoms with E-state index in [9.17, 15) is 24.8 Å². The molecule has 3 aromatic rings. The maximum Gasteiger partial charge on any atom is 0.336 e. The summed E-state index contributed by atoms with van der Waals surface area (Å²) in [5.74, 6) is -0.984. The molecule has 2 N–H and O–H groups in total. The Hall–Kier alpha value is -4.99. The predicted octanol–water partition coefficient (Wildman–Crippen LogP) is 3.69. The number of nitrogens with zero attached hydrogens (tertiary/aromatic N) is 2. The zero-order valence-corrected chi connectivity index (χ0v) is 17.9. The lowest BCUT2D eigenvalue weighted by Gasteiger charge is -2.06. The van der Waals surface area contributed by atoms with Gasteiger partial charge in [0.2, 0.25) is 0 Å². The number of nitro groups is 1. The molecular formula is C24H19N3O7. The first-order valence-electron chi connectivity index (χ1n) is 9.81. The van der Waals surface area contributed by atoms with E-state index in [4.69, 9.17) is 9.47 Å². The van der Waals surface area contributed by atoms with Crippen molar-refractivity contribution in [3.63, 3.8) is 0 Å². The van der Waals surface area contributed by atoms with Crippen LogP contribution in [0, 0.1) is 10.1 Å². The van der Waals surface area contributed by atoms with Gasteiger partial charge in [-0.15, -0.1) is 0 Å². The highest BCUT2D eigenvalue weighted by molar-refractivity contribution is 5.97. The first-order chi connectivity index (χ1) is 16.4. The number of hydrogen-bond acceptors (Lipinski definition) is 8. The SMILES string of the molecule is COc1ccc(/C=C/C(=O)Oc2ccc([N+](=O)[O-])cc2/C=N/NC(=O)c2ccccc2O)cc1. The Kier molecular flexibility index (Phi) is 7.69. The van der Waals surface area contributed by atoms with E-state index in [-0.39, 0.29) is 28.3 Å². The van der Waals surface area contributed by atoms with Crippen LogP contribution in [0.15, 0.2) is 77.9 Å². The number of esters is 1. The minimum Gasteiger partial charge on any atom is -0.507 e. The monoisotopic (exact) mass is 461 g/mol. The maximum atomic E-state index is 12.3. The van der Waals surface area contributed by atoms with E-state index in [2.05, 4.69) is 10.5 Å². The number of aromatic hydroxyl groups is 1. The van der Waals surface area contributed by atoms with Gasteiger partial charge in [-0.2, -0.15) is 5.10 Å². The minimum atomic E-state index is -0.724. The van der Waals surface area contributed by atoms with Gasteiger partial charge in [0.05, 0.1) is 23.8 Å². The molecule has 3 aromatic carbocycles. The fourth-order valence-corrected chi connectivity index (χ4v) is 2.75. The number of benzene rings is 3. The second kappa shape index (κ2) is 11.0. The zero-order valence-electron chi connectivity index (χ0n) is 17.9. The number of methoxy groups -OCH3 is 1. The van der Waals surface area contributed by atoms with Gasteiger partial charge in [-0.3, -0.25) is 14.9 Å². The van der Waals surface area contributed by atoms with Crippen molar-refractivity contribution >= 4 is 29.9 Å². The number of non-ortho nitro benzene ring substituents is 1. The summed E-state index contributed by atoms with van der Waals surface area (Å²) < 4.78 is 10.4. The van der Waals surface area contributed by atoms with Crippen molar-refractivity contribution in [3.05, 3.63) is 99.6 Å². The molecule has 0 bridgehead atoms. The molecule has 3 rings (SSSR count). The van der Waals surface area contributed by atoms with Gasteiger partial charge >= 0.3 is 5.97 Å². The van der Waals surface area contributed by atoms with Gasteiger partial charge in [0.15, 0.2) is 0 Å². The van der Waals surface area contributed by atoms with E-state index in [0.717, 1.165) is 17.8 Å². The van der Waals surface area contributed by atoms with E-state index in [1.807, 2.05) is 0 Å². The van der Waals surface area contributed by atoms with Crippen LogP contribution in [-0.4, -0.2) is 35.2 Å². The highest BCUT2D eigenvalue weighted by Crippen LogP contribution is 2.23. The maximum absolute atomic E-state index is 12.3. The number of ether oxygens (including phenoxy) is 2. The summed E-state index contributed by atoms with van der Waals surface area (Å²) in [7, 11) is 1.55. The summed E-state index contributed by atoms with van der Waals surface area (Å²) in [6.07, 6.45) is 3.83. The Morgan fingerprint density at radius 2 is 1.82 bits per heavy atom. The van der Waals surface area contributed by atoms with E-state index >= 15 is 0 Å². The number of amides is 1. The first kappa shape index (κ1) is 23.7. The highest BCUT2D eigenvalue weighted by atomic mass is 16.6. The molecule has 0 saturated heterocycles. The third-order valence-electron chi connectivity index (χ3n) is 4.46. The van der Waals surface area contributed by atoms with Gasteiger partial charge in [0, 0.05) is 23.8 Å². The lowest BCUT2D eigenvalue weighted by atomic mass is 10.2. The summed E-state index contributed by atoms with van der Waals surface area (Å²) in [4.78, 5) is 34.9. The van der Waals surface area contributed by atoms with Crippen LogP contribution in [0.4, 0.5) is 5.69 Å². The number of phenolic OH excluding ortho intramolecular Hbond substituents is 1. The summed E-state index contributed by atoms with van der Waals surface area (Å²) in [6, 6.07) is 16.4. The van der Waals surface area contributed by atoms with Crippen molar-refractivity contribution in [1.29, 1.82) is 0 Å². The summed E-state index contributed by atoms with van der Waals surface area (Å²) in [5, 5.41) is 24.6. The average molecular weight is 461 g/mol. The van der Waals surface area contributed by atoms with Crippen molar-refractivity contribution < 1.29 is 29.1 Å². The number of nitrogens with one attached hydrogen (secondary N) is 1. The van der Waals surface area contributed by atoms with Gasteiger partial charge in [-0.05, 0) is 42.0 Å². The molecule has 0 fully saturated rings. The van der Waals surface area contributed by atoms with Gasteiger partial charge in [-0.25, -0.2) is 10.2 Å². The second-order valence-corrected chi connectivity index (χ2v) is 6.72. The van der Waals surface area contributed by atoms with Crippen LogP contribution < -0.4 is 14.9 Å². The van der Waals surface area contributed by atoms with Gasteiger partial charge in [0.25, 0.3) is 11.6 Å². The molecule has 0 aliphatic carbocycles. The number of nitro benzene ring substituents is 1. The van der Waals surface area contributed by atoms with Crippen LogP contribution in [-0.2, 0) is 4.79 Å². The molecule has 0 aliphatic rings. The normalized spacial score (nSPS) is 10.9. The summed E-state index contributed by atoms with van der Waals surface area (Å²) in [6.45, 7) is 0. The van der Waals surface area contributed by atoms with Crippen molar-refractivity contribution in [1.82, 2.24) is 5.43 Å². The minimum absolute atomic E-state index is 0.00413. The molecule has 34 heavy (non-hydrogen) atoms. The van der Waals surface area contributed by atoms with Crippen LogP contribution in [0.25, 0.3) is 6.08 Å². The van der Waals surface area contributed by atoms with Crippen LogP contribution in [0.3, 0.4) is 0 Å². The molecule has 10 nitrogen and oxygen atoms in total. The molecular weight excluding hydrogens is 442 g/mol. The molecule has 0 aromatic heterocycles. The van der Waals surface area contributed by atoms with Crippen molar-refractivity contribution in [2.45, 2.75) is 0 Å². The van der Waals surface area contributed by atoms with Crippen LogP contribution in [0.2, 0.25) is 0 Å². The Bertz CT molecular complexity index is 1270. The average Bonchev–Trinajstić information content (AvgIpc) is 2.84. The highest BCUT2D eigenvalue weighted by Gasteiger charge is 2.13. The topological polar surface area (TPSA) is 140 Å². The zero-order chi connectivity index (χ0) is 24.5. The standard InChI is InChI=1S/C24H19N3O7/c1-33-19-10-6-16(7-11-19)8-13-23(29)34-22-12-9-18(27(31)32)14-17(22)15-25-26-24(30)20-4-2-3-5-21(20)28/h2-15,28H,1H3,(H,26,30)/b13-8+,25-15+. The Balaban J connectivity index is 1.75. The number of para-hydroxylation sites is 1. The summed E-state index contributed by atoms with van der Waals surface area (Å²) in [5.41, 5.74) is 2.75. The van der Waals surface area contributed by atoms with Crippen molar-refractivity contribution in [2.75, 3.05) is 7.11 Å². The van der Waals surface area contributed by atoms with Crippen molar-refractivity contribution in [2.24, 2.45) is 5.10 Å². The molecule has 0 atom stereocenters. The van der Waals surface area contributed by atoms with E-state index in [0.29, 0.717) is 5.75 Å². The molecule has 172 valence electrons. The molecule has 0 unspecified atom stereocenters. The summed E-state index contributed by atoms with van der Waals surface area (Å²) >= 11 is 0. The Labute approximate surface area is 193 Å². The lowest BCUT2D eigenvalue weighted by Crippen LogP contribution is -2.17. The van der Waals surface area contributed by atoms with E-state index in [1.165, 1.54) is 36.4 Å². The smallest absolute Gasteiger partial charge is 0.336 e. The molecule has 0 saturated carbocycles. The third kappa shape index (κ3) is 6.26.